The van der Waals surface area contributed by atoms with Gasteiger partial charge in [0.05, 0.1) is 5.92 Å². The molecular weight excluding hydrogens is 238 g/mol. The Hall–Kier alpha value is -1.35. The summed E-state index contributed by atoms with van der Waals surface area (Å²) in [6, 6.07) is 10.5. The fraction of sp³-hybridized carbons (Fsp3) is 0.562. The molecule has 1 heterocycles. The second-order valence-electron chi connectivity index (χ2n) is 5.45. The third-order valence-corrected chi connectivity index (χ3v) is 4.21. The minimum Gasteiger partial charge on any atom is -0.481 e. The molecule has 2 rings (SSSR count). The molecule has 0 amide bonds. The Labute approximate surface area is 115 Å². The van der Waals surface area contributed by atoms with Crippen LogP contribution in [-0.4, -0.2) is 29.1 Å². The lowest BCUT2D eigenvalue weighted by Crippen LogP contribution is -2.37. The van der Waals surface area contributed by atoms with Crippen molar-refractivity contribution in [2.24, 2.45) is 11.8 Å². The second-order valence-corrected chi connectivity index (χ2v) is 5.45. The molecule has 1 aromatic rings. The summed E-state index contributed by atoms with van der Waals surface area (Å²) < 4.78 is 0. The number of aliphatic carboxylic acids is 1. The van der Waals surface area contributed by atoms with Crippen molar-refractivity contribution < 1.29 is 9.90 Å². The number of hydrogen-bond acceptors (Lipinski definition) is 2. The van der Waals surface area contributed by atoms with Crippen molar-refractivity contribution in [3.63, 3.8) is 0 Å². The van der Waals surface area contributed by atoms with Gasteiger partial charge in [-0.2, -0.15) is 0 Å². The predicted octanol–water partition coefficient (Wildman–Crippen LogP) is 3.01. The normalized spacial score (nSPS) is 19.2. The Morgan fingerprint density at radius 1 is 1.32 bits per heavy atom. The van der Waals surface area contributed by atoms with Gasteiger partial charge in [-0.15, -0.1) is 0 Å². The fourth-order valence-electron chi connectivity index (χ4n) is 3.06. The standard InChI is InChI=1S/C16H23NO2/c1-2-15(16(18)19)14-8-10-17(11-9-14)12-13-6-4-3-5-7-13/h3-7,14-15H,2,8-12H2,1H3,(H,18,19). The lowest BCUT2D eigenvalue weighted by molar-refractivity contribution is -0.144. The van der Waals surface area contributed by atoms with Crippen molar-refractivity contribution in [1.29, 1.82) is 0 Å². The number of likely N-dealkylation sites (tertiary alicyclic amines) is 1. The summed E-state index contributed by atoms with van der Waals surface area (Å²) in [5.41, 5.74) is 1.34. The van der Waals surface area contributed by atoms with Crippen molar-refractivity contribution >= 4 is 5.97 Å². The van der Waals surface area contributed by atoms with Crippen molar-refractivity contribution in [1.82, 2.24) is 4.90 Å². The zero-order valence-electron chi connectivity index (χ0n) is 11.6. The van der Waals surface area contributed by atoms with Crippen LogP contribution in [0.4, 0.5) is 0 Å². The highest BCUT2D eigenvalue weighted by Gasteiger charge is 2.29. The van der Waals surface area contributed by atoms with E-state index >= 15 is 0 Å². The van der Waals surface area contributed by atoms with Gasteiger partial charge < -0.3 is 5.11 Å². The Balaban J connectivity index is 1.84. The van der Waals surface area contributed by atoms with Crippen LogP contribution in [0.15, 0.2) is 30.3 Å². The molecule has 1 saturated heterocycles. The number of carboxylic acid groups (broad SMARTS) is 1. The van der Waals surface area contributed by atoms with Gasteiger partial charge in [0.1, 0.15) is 0 Å². The van der Waals surface area contributed by atoms with E-state index in [2.05, 4.69) is 29.2 Å². The van der Waals surface area contributed by atoms with E-state index in [1.807, 2.05) is 13.0 Å². The van der Waals surface area contributed by atoms with Crippen molar-refractivity contribution in [2.45, 2.75) is 32.7 Å². The van der Waals surface area contributed by atoms with Gasteiger partial charge in [-0.1, -0.05) is 37.3 Å². The van der Waals surface area contributed by atoms with Crippen LogP contribution in [0.3, 0.4) is 0 Å². The molecule has 19 heavy (non-hydrogen) atoms. The van der Waals surface area contributed by atoms with E-state index in [1.54, 1.807) is 0 Å². The molecular formula is C16H23NO2. The molecule has 0 spiro atoms. The molecule has 1 aliphatic heterocycles. The van der Waals surface area contributed by atoms with Gasteiger partial charge in [0.2, 0.25) is 0 Å². The molecule has 1 N–H and O–H groups in total. The molecule has 1 unspecified atom stereocenters. The summed E-state index contributed by atoms with van der Waals surface area (Å²) in [6.07, 6.45) is 2.77. The number of nitrogens with zero attached hydrogens (tertiary/aromatic N) is 1. The Morgan fingerprint density at radius 3 is 2.47 bits per heavy atom. The van der Waals surface area contributed by atoms with E-state index in [0.29, 0.717) is 5.92 Å². The molecule has 1 aromatic carbocycles. The van der Waals surface area contributed by atoms with E-state index in [0.717, 1.165) is 38.9 Å². The minimum absolute atomic E-state index is 0.154. The Morgan fingerprint density at radius 2 is 1.95 bits per heavy atom. The van der Waals surface area contributed by atoms with Crippen LogP contribution in [0.25, 0.3) is 0 Å². The summed E-state index contributed by atoms with van der Waals surface area (Å²) in [7, 11) is 0. The molecule has 104 valence electrons. The molecule has 0 saturated carbocycles. The molecule has 0 bridgehead atoms. The first kappa shape index (κ1) is 14.1. The van der Waals surface area contributed by atoms with Gasteiger partial charge in [0.15, 0.2) is 0 Å². The molecule has 0 aromatic heterocycles. The monoisotopic (exact) mass is 261 g/mol. The minimum atomic E-state index is -0.621. The molecule has 3 heteroatoms. The SMILES string of the molecule is CCC(C(=O)O)C1CCN(Cc2ccccc2)CC1. The second kappa shape index (κ2) is 6.71. The van der Waals surface area contributed by atoms with Gasteiger partial charge in [-0.3, -0.25) is 9.69 Å². The summed E-state index contributed by atoms with van der Waals surface area (Å²) in [6.45, 7) is 5.00. The maximum atomic E-state index is 11.2. The quantitative estimate of drug-likeness (QED) is 0.885. The molecule has 0 aliphatic carbocycles. The van der Waals surface area contributed by atoms with E-state index in [1.165, 1.54) is 5.56 Å². The van der Waals surface area contributed by atoms with Crippen LogP contribution >= 0.6 is 0 Å². The molecule has 0 radical (unpaired) electrons. The number of rotatable bonds is 5. The maximum absolute atomic E-state index is 11.2. The molecule has 1 fully saturated rings. The summed E-state index contributed by atoms with van der Waals surface area (Å²) in [5.74, 6) is -0.419. The van der Waals surface area contributed by atoms with Crippen LogP contribution in [0.2, 0.25) is 0 Å². The average Bonchev–Trinajstić information content (AvgIpc) is 2.42. The number of piperidine rings is 1. The van der Waals surface area contributed by atoms with Gasteiger partial charge in [0, 0.05) is 6.54 Å². The number of carboxylic acids is 1. The van der Waals surface area contributed by atoms with E-state index in [4.69, 9.17) is 0 Å². The fourth-order valence-corrected chi connectivity index (χ4v) is 3.06. The van der Waals surface area contributed by atoms with Crippen LogP contribution < -0.4 is 0 Å². The summed E-state index contributed by atoms with van der Waals surface area (Å²) in [4.78, 5) is 13.6. The third-order valence-electron chi connectivity index (χ3n) is 4.21. The smallest absolute Gasteiger partial charge is 0.306 e. The van der Waals surface area contributed by atoms with Crippen molar-refractivity contribution in [3.05, 3.63) is 35.9 Å². The largest absolute Gasteiger partial charge is 0.481 e. The Kier molecular flexibility index (Phi) is 4.97. The van der Waals surface area contributed by atoms with E-state index in [-0.39, 0.29) is 5.92 Å². The molecule has 1 aliphatic rings. The number of benzene rings is 1. The lowest BCUT2D eigenvalue weighted by atomic mass is 9.82. The number of hydrogen-bond donors (Lipinski definition) is 1. The maximum Gasteiger partial charge on any atom is 0.306 e. The zero-order chi connectivity index (χ0) is 13.7. The van der Waals surface area contributed by atoms with Crippen LogP contribution in [0.1, 0.15) is 31.7 Å². The predicted molar refractivity (Wildman–Crippen MR) is 75.9 cm³/mol. The van der Waals surface area contributed by atoms with Crippen LogP contribution in [-0.2, 0) is 11.3 Å². The van der Waals surface area contributed by atoms with Gasteiger partial charge in [-0.05, 0) is 43.8 Å². The highest BCUT2D eigenvalue weighted by atomic mass is 16.4. The van der Waals surface area contributed by atoms with E-state index < -0.39 is 5.97 Å². The van der Waals surface area contributed by atoms with Gasteiger partial charge in [-0.25, -0.2) is 0 Å². The lowest BCUT2D eigenvalue weighted by Gasteiger charge is -2.34. The van der Waals surface area contributed by atoms with Gasteiger partial charge >= 0.3 is 5.97 Å². The molecule has 1 atom stereocenters. The highest BCUT2D eigenvalue weighted by Crippen LogP contribution is 2.28. The zero-order valence-corrected chi connectivity index (χ0v) is 11.6. The first-order valence-electron chi connectivity index (χ1n) is 7.19. The molecule has 3 nitrogen and oxygen atoms in total. The number of carbonyl (C=O) groups is 1. The van der Waals surface area contributed by atoms with E-state index in [9.17, 15) is 9.90 Å². The van der Waals surface area contributed by atoms with Crippen molar-refractivity contribution in [3.8, 4) is 0 Å². The van der Waals surface area contributed by atoms with Crippen molar-refractivity contribution in [2.75, 3.05) is 13.1 Å². The summed E-state index contributed by atoms with van der Waals surface area (Å²) >= 11 is 0. The Bertz CT molecular complexity index is 396. The van der Waals surface area contributed by atoms with Crippen LogP contribution in [0.5, 0.6) is 0 Å². The van der Waals surface area contributed by atoms with Crippen LogP contribution in [0, 0.1) is 11.8 Å². The summed E-state index contributed by atoms with van der Waals surface area (Å²) in [5, 5.41) is 9.21. The first-order chi connectivity index (χ1) is 9.20. The topological polar surface area (TPSA) is 40.5 Å². The van der Waals surface area contributed by atoms with Gasteiger partial charge in [0.25, 0.3) is 0 Å². The average molecular weight is 261 g/mol. The third kappa shape index (κ3) is 3.80. The highest BCUT2D eigenvalue weighted by molar-refractivity contribution is 5.70. The first-order valence-corrected chi connectivity index (χ1v) is 7.19.